The fourth-order valence-corrected chi connectivity index (χ4v) is 4.40. The molecule has 0 bridgehead atoms. The van der Waals surface area contributed by atoms with E-state index >= 15 is 0 Å². The van der Waals surface area contributed by atoms with Crippen LogP contribution in [-0.4, -0.2) is 15.9 Å². The SMILES string of the molecule is O=C(OCc1nc2sc3c(c2c(=O)[nH]1)CCCC3)c1ccccc1F. The summed E-state index contributed by atoms with van der Waals surface area (Å²) in [5, 5.41) is 0.656. The molecule has 3 aromatic rings. The summed E-state index contributed by atoms with van der Waals surface area (Å²) in [6, 6.07) is 5.60. The normalized spacial score (nSPS) is 13.6. The van der Waals surface area contributed by atoms with Gasteiger partial charge in [0, 0.05) is 4.88 Å². The van der Waals surface area contributed by atoms with Gasteiger partial charge in [-0.3, -0.25) is 4.79 Å². The van der Waals surface area contributed by atoms with Crippen molar-refractivity contribution in [3.8, 4) is 0 Å². The molecule has 1 aromatic carbocycles. The number of benzene rings is 1. The number of aromatic amines is 1. The molecule has 1 N–H and O–H groups in total. The van der Waals surface area contributed by atoms with Crippen molar-refractivity contribution >= 4 is 27.5 Å². The van der Waals surface area contributed by atoms with Gasteiger partial charge in [-0.1, -0.05) is 12.1 Å². The molecule has 2 aromatic heterocycles. The zero-order chi connectivity index (χ0) is 17.4. The van der Waals surface area contributed by atoms with E-state index in [1.807, 2.05) is 0 Å². The van der Waals surface area contributed by atoms with Crippen LogP contribution >= 0.6 is 11.3 Å². The Morgan fingerprint density at radius 3 is 2.92 bits per heavy atom. The molecule has 0 atom stereocenters. The number of esters is 1. The second-order valence-electron chi connectivity index (χ2n) is 5.96. The lowest BCUT2D eigenvalue weighted by Gasteiger charge is -2.09. The van der Waals surface area contributed by atoms with E-state index in [4.69, 9.17) is 4.74 Å². The Labute approximate surface area is 146 Å². The molecule has 25 heavy (non-hydrogen) atoms. The van der Waals surface area contributed by atoms with Crippen LogP contribution in [0.15, 0.2) is 29.1 Å². The van der Waals surface area contributed by atoms with Crippen LogP contribution in [0.4, 0.5) is 4.39 Å². The van der Waals surface area contributed by atoms with E-state index in [0.29, 0.717) is 10.2 Å². The van der Waals surface area contributed by atoms with Crippen molar-refractivity contribution in [2.75, 3.05) is 0 Å². The van der Waals surface area contributed by atoms with Crippen LogP contribution in [0.1, 0.15) is 39.5 Å². The van der Waals surface area contributed by atoms with Gasteiger partial charge in [-0.15, -0.1) is 11.3 Å². The van der Waals surface area contributed by atoms with Crippen molar-refractivity contribution in [3.63, 3.8) is 0 Å². The van der Waals surface area contributed by atoms with Gasteiger partial charge in [0.2, 0.25) is 0 Å². The van der Waals surface area contributed by atoms with Crippen molar-refractivity contribution in [1.29, 1.82) is 0 Å². The number of H-pyrrole nitrogens is 1. The second kappa shape index (κ2) is 6.40. The van der Waals surface area contributed by atoms with Crippen molar-refractivity contribution in [1.82, 2.24) is 9.97 Å². The average Bonchev–Trinajstić information content (AvgIpc) is 2.99. The van der Waals surface area contributed by atoms with Crippen molar-refractivity contribution in [3.05, 3.63) is 62.3 Å². The molecule has 2 heterocycles. The summed E-state index contributed by atoms with van der Waals surface area (Å²) >= 11 is 1.53. The van der Waals surface area contributed by atoms with Crippen LogP contribution in [0, 0.1) is 5.82 Å². The molecule has 0 radical (unpaired) electrons. The predicted molar refractivity (Wildman–Crippen MR) is 92.4 cm³/mol. The number of carbonyl (C=O) groups excluding carboxylic acids is 1. The molecule has 0 spiro atoms. The van der Waals surface area contributed by atoms with Gasteiger partial charge in [-0.2, -0.15) is 0 Å². The lowest BCUT2D eigenvalue weighted by atomic mass is 9.97. The van der Waals surface area contributed by atoms with Gasteiger partial charge in [-0.25, -0.2) is 14.2 Å². The summed E-state index contributed by atoms with van der Waals surface area (Å²) < 4.78 is 18.7. The van der Waals surface area contributed by atoms with Crippen molar-refractivity contribution in [2.24, 2.45) is 0 Å². The van der Waals surface area contributed by atoms with Gasteiger partial charge in [0.05, 0.1) is 10.9 Å². The number of nitrogens with zero attached hydrogens (tertiary/aromatic N) is 1. The maximum atomic E-state index is 13.6. The summed E-state index contributed by atoms with van der Waals surface area (Å²) in [4.78, 5) is 33.4. The van der Waals surface area contributed by atoms with E-state index in [9.17, 15) is 14.0 Å². The highest BCUT2D eigenvalue weighted by Gasteiger charge is 2.20. The molecule has 4 rings (SSSR count). The lowest BCUT2D eigenvalue weighted by Crippen LogP contribution is -2.15. The summed E-state index contributed by atoms with van der Waals surface area (Å²) in [5.74, 6) is -1.16. The number of thiophene rings is 1. The van der Waals surface area contributed by atoms with Gasteiger partial charge >= 0.3 is 5.97 Å². The molecule has 7 heteroatoms. The fraction of sp³-hybridized carbons (Fsp3) is 0.278. The average molecular weight is 358 g/mol. The Hall–Kier alpha value is -2.54. The van der Waals surface area contributed by atoms with Crippen LogP contribution in [0.25, 0.3) is 10.2 Å². The Kier molecular flexibility index (Phi) is 4.09. The minimum absolute atomic E-state index is 0.141. The first-order chi connectivity index (χ1) is 12.1. The molecule has 0 amide bonds. The minimum Gasteiger partial charge on any atom is -0.454 e. The molecular weight excluding hydrogens is 343 g/mol. The first-order valence-electron chi connectivity index (χ1n) is 8.08. The topological polar surface area (TPSA) is 72.0 Å². The van der Waals surface area contributed by atoms with Gasteiger partial charge in [0.1, 0.15) is 23.1 Å². The molecule has 1 aliphatic rings. The number of halogens is 1. The second-order valence-corrected chi connectivity index (χ2v) is 7.04. The Bertz CT molecular complexity index is 1020. The van der Waals surface area contributed by atoms with Crippen LogP contribution in [0.2, 0.25) is 0 Å². The summed E-state index contributed by atoms with van der Waals surface area (Å²) in [6.45, 7) is -0.207. The van der Waals surface area contributed by atoms with E-state index in [1.54, 1.807) is 6.07 Å². The maximum absolute atomic E-state index is 13.6. The molecule has 0 saturated carbocycles. The highest BCUT2D eigenvalue weighted by atomic mass is 32.1. The Morgan fingerprint density at radius 1 is 1.28 bits per heavy atom. The van der Waals surface area contributed by atoms with E-state index < -0.39 is 11.8 Å². The molecule has 128 valence electrons. The number of rotatable bonds is 3. The maximum Gasteiger partial charge on any atom is 0.341 e. The van der Waals surface area contributed by atoms with Crippen LogP contribution in [0.5, 0.6) is 0 Å². The third-order valence-corrected chi connectivity index (χ3v) is 5.49. The first-order valence-corrected chi connectivity index (χ1v) is 8.90. The third kappa shape index (κ3) is 2.95. The molecular formula is C18H15FN2O3S. The molecule has 0 fully saturated rings. The number of hydrogen-bond acceptors (Lipinski definition) is 5. The van der Waals surface area contributed by atoms with Gasteiger partial charge in [0.15, 0.2) is 0 Å². The van der Waals surface area contributed by atoms with Gasteiger partial charge < -0.3 is 9.72 Å². The molecule has 0 unspecified atom stereocenters. The summed E-state index contributed by atoms with van der Waals surface area (Å²) in [7, 11) is 0. The monoisotopic (exact) mass is 358 g/mol. The predicted octanol–water partition coefficient (Wildman–Crippen LogP) is 3.36. The highest BCUT2D eigenvalue weighted by Crippen LogP contribution is 2.33. The zero-order valence-corrected chi connectivity index (χ0v) is 14.1. The van der Waals surface area contributed by atoms with Crippen molar-refractivity contribution < 1.29 is 13.9 Å². The van der Waals surface area contributed by atoms with Crippen LogP contribution < -0.4 is 5.56 Å². The lowest BCUT2D eigenvalue weighted by molar-refractivity contribution is 0.0457. The number of aryl methyl sites for hydroxylation is 2. The smallest absolute Gasteiger partial charge is 0.341 e. The van der Waals surface area contributed by atoms with E-state index in [0.717, 1.165) is 31.2 Å². The number of hydrogen-bond donors (Lipinski definition) is 1. The van der Waals surface area contributed by atoms with Crippen LogP contribution in [0.3, 0.4) is 0 Å². The zero-order valence-electron chi connectivity index (χ0n) is 13.3. The molecule has 5 nitrogen and oxygen atoms in total. The number of nitrogens with one attached hydrogen (secondary N) is 1. The van der Waals surface area contributed by atoms with E-state index in [1.165, 1.54) is 34.4 Å². The fourth-order valence-electron chi connectivity index (χ4n) is 3.12. The quantitative estimate of drug-likeness (QED) is 0.729. The third-order valence-electron chi connectivity index (χ3n) is 4.31. The standard InChI is InChI=1S/C18H15FN2O3S/c19-12-7-3-1-5-10(12)18(23)24-9-14-20-16(22)15-11-6-2-4-8-13(11)25-17(15)21-14/h1,3,5,7H,2,4,6,8-9H2,(H,20,21,22). The largest absolute Gasteiger partial charge is 0.454 e. The number of carbonyl (C=O) groups is 1. The van der Waals surface area contributed by atoms with Gasteiger partial charge in [0.25, 0.3) is 5.56 Å². The van der Waals surface area contributed by atoms with E-state index in [2.05, 4.69) is 9.97 Å². The minimum atomic E-state index is -0.786. The van der Waals surface area contributed by atoms with E-state index in [-0.39, 0.29) is 23.6 Å². The van der Waals surface area contributed by atoms with Crippen molar-refractivity contribution in [2.45, 2.75) is 32.3 Å². The Balaban J connectivity index is 1.59. The van der Waals surface area contributed by atoms with Crippen LogP contribution in [-0.2, 0) is 24.2 Å². The number of aromatic nitrogens is 2. The number of ether oxygens (including phenoxy) is 1. The summed E-state index contributed by atoms with van der Waals surface area (Å²) in [6.07, 6.45) is 4.10. The number of fused-ring (bicyclic) bond motifs is 3. The molecule has 1 aliphatic carbocycles. The molecule has 0 aliphatic heterocycles. The molecule has 0 saturated heterocycles. The Morgan fingerprint density at radius 2 is 2.08 bits per heavy atom. The summed E-state index contributed by atoms with van der Waals surface area (Å²) in [5.41, 5.74) is 0.758. The van der Waals surface area contributed by atoms with Gasteiger partial charge in [-0.05, 0) is 43.4 Å². The highest BCUT2D eigenvalue weighted by molar-refractivity contribution is 7.18. The first kappa shape index (κ1) is 16.0.